The summed E-state index contributed by atoms with van der Waals surface area (Å²) in [5.41, 5.74) is -0.0760. The number of carboxylic acid groups (broad SMARTS) is 2. The van der Waals surface area contributed by atoms with Crippen LogP contribution in [0.5, 0.6) is 0 Å². The number of hydrogen-bond donors (Lipinski definition) is 2. The molecule has 0 saturated carbocycles. The van der Waals surface area contributed by atoms with E-state index in [1.54, 1.807) is 0 Å². The number of aromatic carboxylic acids is 2. The first-order chi connectivity index (χ1) is 10.4. The van der Waals surface area contributed by atoms with Gasteiger partial charge in [-0.2, -0.15) is 0 Å². The van der Waals surface area contributed by atoms with Crippen molar-refractivity contribution in [3.05, 3.63) is 70.3 Å². The van der Waals surface area contributed by atoms with Crippen LogP contribution in [0, 0.1) is 11.6 Å². The molecule has 0 aliphatic rings. The van der Waals surface area contributed by atoms with Gasteiger partial charge in [-0.25, -0.2) is 18.4 Å². The van der Waals surface area contributed by atoms with E-state index in [1.165, 1.54) is 18.2 Å². The zero-order valence-corrected chi connectivity index (χ0v) is 11.3. The van der Waals surface area contributed by atoms with Gasteiger partial charge in [-0.3, -0.25) is 0 Å². The third-order valence-electron chi connectivity index (χ3n) is 3.21. The Hall–Kier alpha value is -2.76. The summed E-state index contributed by atoms with van der Waals surface area (Å²) >= 11 is 0. The minimum atomic E-state index is -1.26. The number of benzene rings is 2. The molecule has 0 aromatic heterocycles. The summed E-state index contributed by atoms with van der Waals surface area (Å²) in [7, 11) is 0. The van der Waals surface area contributed by atoms with E-state index in [9.17, 15) is 18.4 Å². The number of carboxylic acids is 2. The lowest BCUT2D eigenvalue weighted by Crippen LogP contribution is -2.05. The van der Waals surface area contributed by atoms with E-state index >= 15 is 0 Å². The molecule has 0 aliphatic heterocycles. The fourth-order valence-corrected chi connectivity index (χ4v) is 2.12. The van der Waals surface area contributed by atoms with Crippen LogP contribution in [-0.4, -0.2) is 22.2 Å². The number of carbonyl (C=O) groups is 2. The molecule has 4 nitrogen and oxygen atoms in total. The van der Waals surface area contributed by atoms with E-state index in [4.69, 9.17) is 10.2 Å². The molecule has 0 unspecified atom stereocenters. The van der Waals surface area contributed by atoms with Crippen molar-refractivity contribution in [3.63, 3.8) is 0 Å². The van der Waals surface area contributed by atoms with Gasteiger partial charge in [0, 0.05) is 5.56 Å². The molecule has 0 saturated heterocycles. The number of rotatable bonds is 5. The summed E-state index contributed by atoms with van der Waals surface area (Å²) in [5.74, 6) is -3.90. The Kier molecular flexibility index (Phi) is 4.50. The smallest absolute Gasteiger partial charge is 0.335 e. The Morgan fingerprint density at radius 3 is 1.82 bits per heavy atom. The highest BCUT2D eigenvalue weighted by Crippen LogP contribution is 2.17. The van der Waals surface area contributed by atoms with Crippen LogP contribution < -0.4 is 0 Å². The quantitative estimate of drug-likeness (QED) is 0.890. The molecule has 0 heterocycles. The van der Waals surface area contributed by atoms with Crippen LogP contribution in [0.4, 0.5) is 8.78 Å². The maximum absolute atomic E-state index is 13.5. The van der Waals surface area contributed by atoms with Crippen molar-refractivity contribution in [2.45, 2.75) is 12.8 Å². The first-order valence-electron chi connectivity index (χ1n) is 6.42. The topological polar surface area (TPSA) is 74.6 Å². The molecule has 0 amide bonds. The second-order valence-electron chi connectivity index (χ2n) is 4.73. The molecule has 2 N–H and O–H groups in total. The normalized spacial score (nSPS) is 10.5. The molecule has 2 aromatic rings. The van der Waals surface area contributed by atoms with Gasteiger partial charge >= 0.3 is 11.9 Å². The molecule has 0 atom stereocenters. The molecular weight excluding hydrogens is 294 g/mol. The SMILES string of the molecule is O=C(O)c1cc(CCc2c(F)cccc2F)cc(C(=O)O)c1. The third-order valence-corrected chi connectivity index (χ3v) is 3.21. The number of aryl methyl sites for hydroxylation is 1. The van der Waals surface area contributed by atoms with Gasteiger partial charge in [0.15, 0.2) is 0 Å². The monoisotopic (exact) mass is 306 g/mol. The molecule has 2 rings (SSSR count). The third kappa shape index (κ3) is 3.46. The van der Waals surface area contributed by atoms with Crippen molar-refractivity contribution in [2.24, 2.45) is 0 Å². The van der Waals surface area contributed by atoms with Crippen molar-refractivity contribution < 1.29 is 28.6 Å². The summed E-state index contributed by atoms with van der Waals surface area (Å²) in [6.07, 6.45) is 0.125. The molecule has 0 aliphatic carbocycles. The van der Waals surface area contributed by atoms with Crippen LogP contribution in [-0.2, 0) is 12.8 Å². The van der Waals surface area contributed by atoms with E-state index in [-0.39, 0.29) is 29.5 Å². The highest BCUT2D eigenvalue weighted by Gasteiger charge is 2.13. The van der Waals surface area contributed by atoms with E-state index < -0.39 is 23.6 Å². The summed E-state index contributed by atoms with van der Waals surface area (Å²) < 4.78 is 27.1. The maximum atomic E-state index is 13.5. The molecule has 114 valence electrons. The minimum absolute atomic E-state index is 0.000633. The van der Waals surface area contributed by atoms with Crippen LogP contribution in [0.3, 0.4) is 0 Å². The van der Waals surface area contributed by atoms with E-state index in [2.05, 4.69) is 0 Å². The Morgan fingerprint density at radius 1 is 0.864 bits per heavy atom. The standard InChI is InChI=1S/C16H12F2O4/c17-13-2-1-3-14(18)12(13)5-4-9-6-10(15(19)20)8-11(7-9)16(21)22/h1-3,6-8H,4-5H2,(H,19,20)(H,21,22). The number of halogens is 2. The van der Waals surface area contributed by atoms with Gasteiger partial charge in [0.1, 0.15) is 11.6 Å². The van der Waals surface area contributed by atoms with Crippen molar-refractivity contribution in [1.29, 1.82) is 0 Å². The predicted octanol–water partition coefficient (Wildman–Crippen LogP) is 3.15. The van der Waals surface area contributed by atoms with E-state index in [1.807, 2.05) is 0 Å². The lowest BCUT2D eigenvalue weighted by molar-refractivity contribution is 0.0696. The molecule has 0 radical (unpaired) electrons. The summed E-state index contributed by atoms with van der Waals surface area (Å²) in [5, 5.41) is 18.0. The van der Waals surface area contributed by atoms with Crippen LogP contribution >= 0.6 is 0 Å². The second-order valence-corrected chi connectivity index (χ2v) is 4.73. The fraction of sp³-hybridized carbons (Fsp3) is 0.125. The van der Waals surface area contributed by atoms with Gasteiger partial charge in [-0.1, -0.05) is 6.07 Å². The Labute approximate surface area is 124 Å². The first-order valence-corrected chi connectivity index (χ1v) is 6.42. The summed E-state index contributed by atoms with van der Waals surface area (Å²) in [6.45, 7) is 0. The minimum Gasteiger partial charge on any atom is -0.478 e. The van der Waals surface area contributed by atoms with Crippen LogP contribution in [0.25, 0.3) is 0 Å². The van der Waals surface area contributed by atoms with Gasteiger partial charge in [-0.05, 0) is 48.7 Å². The molecule has 0 bridgehead atoms. The Bertz CT molecular complexity index is 688. The lowest BCUT2D eigenvalue weighted by atomic mass is 9.99. The van der Waals surface area contributed by atoms with Gasteiger partial charge in [0.25, 0.3) is 0 Å². The zero-order chi connectivity index (χ0) is 16.3. The van der Waals surface area contributed by atoms with Crippen LogP contribution in [0.2, 0.25) is 0 Å². The van der Waals surface area contributed by atoms with E-state index in [0.29, 0.717) is 5.56 Å². The van der Waals surface area contributed by atoms with Crippen molar-refractivity contribution >= 4 is 11.9 Å². The Morgan fingerprint density at radius 2 is 1.36 bits per heavy atom. The molecule has 22 heavy (non-hydrogen) atoms. The van der Waals surface area contributed by atoms with Gasteiger partial charge < -0.3 is 10.2 Å². The molecular formula is C16H12F2O4. The lowest BCUT2D eigenvalue weighted by Gasteiger charge is -2.07. The average molecular weight is 306 g/mol. The van der Waals surface area contributed by atoms with Crippen molar-refractivity contribution in [2.75, 3.05) is 0 Å². The first kappa shape index (κ1) is 15.6. The Balaban J connectivity index is 2.29. The average Bonchev–Trinajstić information content (AvgIpc) is 2.46. The summed E-state index contributed by atoms with van der Waals surface area (Å²) in [4.78, 5) is 22.0. The van der Waals surface area contributed by atoms with Crippen molar-refractivity contribution in [1.82, 2.24) is 0 Å². The maximum Gasteiger partial charge on any atom is 0.335 e. The molecule has 2 aromatic carbocycles. The van der Waals surface area contributed by atoms with Crippen LogP contribution in [0.15, 0.2) is 36.4 Å². The predicted molar refractivity (Wildman–Crippen MR) is 74.1 cm³/mol. The fourth-order valence-electron chi connectivity index (χ4n) is 2.12. The highest BCUT2D eigenvalue weighted by atomic mass is 19.1. The molecule has 0 fully saturated rings. The van der Waals surface area contributed by atoms with Gasteiger partial charge in [0.05, 0.1) is 11.1 Å². The molecule has 6 heteroatoms. The van der Waals surface area contributed by atoms with Gasteiger partial charge in [-0.15, -0.1) is 0 Å². The zero-order valence-electron chi connectivity index (χ0n) is 11.3. The molecule has 0 spiro atoms. The van der Waals surface area contributed by atoms with Gasteiger partial charge in [0.2, 0.25) is 0 Å². The van der Waals surface area contributed by atoms with E-state index in [0.717, 1.165) is 18.2 Å². The largest absolute Gasteiger partial charge is 0.478 e. The second kappa shape index (κ2) is 6.34. The summed E-state index contributed by atoms with van der Waals surface area (Å²) in [6, 6.07) is 7.16. The highest BCUT2D eigenvalue weighted by molar-refractivity contribution is 5.94. The van der Waals surface area contributed by atoms with Crippen molar-refractivity contribution in [3.8, 4) is 0 Å². The number of hydrogen-bond acceptors (Lipinski definition) is 2. The van der Waals surface area contributed by atoms with Crippen LogP contribution in [0.1, 0.15) is 31.8 Å².